The van der Waals surface area contributed by atoms with Crippen LogP contribution in [0.15, 0.2) is 69.6 Å². The molecule has 0 aliphatic heterocycles. The van der Waals surface area contributed by atoms with Gasteiger partial charge in [-0.1, -0.05) is 34.1 Å². The second-order valence-corrected chi connectivity index (χ2v) is 9.99. The number of anilines is 2. The summed E-state index contributed by atoms with van der Waals surface area (Å²) < 4.78 is 2.87. The first-order chi connectivity index (χ1) is 16.6. The highest BCUT2D eigenvalue weighted by Gasteiger charge is 2.22. The summed E-state index contributed by atoms with van der Waals surface area (Å²) in [5.74, 6) is -2.20. The third-order valence-corrected chi connectivity index (χ3v) is 6.58. The van der Waals surface area contributed by atoms with Crippen molar-refractivity contribution >= 4 is 71.9 Å². The molecule has 35 heavy (non-hydrogen) atoms. The van der Waals surface area contributed by atoms with Crippen molar-refractivity contribution < 1.29 is 14.4 Å². The molecule has 3 aromatic carbocycles. The fourth-order valence-corrected chi connectivity index (χ4v) is 4.55. The normalized spacial score (nSPS) is 10.8. The van der Waals surface area contributed by atoms with E-state index in [1.165, 1.54) is 4.68 Å². The Morgan fingerprint density at radius 1 is 0.743 bits per heavy atom. The highest BCUT2D eigenvalue weighted by molar-refractivity contribution is 9.10. The molecule has 0 spiro atoms. The van der Waals surface area contributed by atoms with Crippen molar-refractivity contribution in [2.75, 3.05) is 16.1 Å². The number of aromatic nitrogens is 1. The third-order valence-electron chi connectivity index (χ3n) is 5.43. The van der Waals surface area contributed by atoms with Crippen LogP contribution in [0.5, 0.6) is 0 Å². The Balaban J connectivity index is 1.65. The summed E-state index contributed by atoms with van der Waals surface area (Å²) in [7, 11) is 0. The predicted octanol–water partition coefficient (Wildman–Crippen LogP) is 6.05. The lowest BCUT2D eigenvalue weighted by atomic mass is 10.1. The first kappa shape index (κ1) is 24.7. The molecule has 178 valence electrons. The van der Waals surface area contributed by atoms with Gasteiger partial charge in [0.05, 0.1) is 11.2 Å². The molecule has 0 saturated heterocycles. The topological polar surface area (TPSA) is 92.2 Å². The maximum atomic E-state index is 13.2. The SMILES string of the molecule is Cc1ccc(NC(=O)c2cc3cc(Br)ccc3n2NC(=O)C(=O)Nc2cc(C)ccc2C)c(Br)c1. The highest BCUT2D eigenvalue weighted by atomic mass is 79.9. The van der Waals surface area contributed by atoms with Gasteiger partial charge in [0.1, 0.15) is 5.69 Å². The Morgan fingerprint density at radius 2 is 1.46 bits per heavy atom. The van der Waals surface area contributed by atoms with Crippen molar-refractivity contribution in [2.24, 2.45) is 0 Å². The number of carbonyl (C=O) groups excluding carboxylic acids is 3. The molecular formula is C26H22Br2N4O3. The van der Waals surface area contributed by atoms with Crippen molar-refractivity contribution in [3.8, 4) is 0 Å². The first-order valence-corrected chi connectivity index (χ1v) is 12.3. The number of hydrogen-bond acceptors (Lipinski definition) is 3. The van der Waals surface area contributed by atoms with E-state index in [9.17, 15) is 14.4 Å². The van der Waals surface area contributed by atoms with E-state index in [0.29, 0.717) is 22.3 Å². The molecule has 9 heteroatoms. The number of fused-ring (bicyclic) bond motifs is 1. The maximum absolute atomic E-state index is 13.2. The molecule has 4 aromatic rings. The monoisotopic (exact) mass is 596 g/mol. The minimum Gasteiger partial charge on any atom is -0.320 e. The van der Waals surface area contributed by atoms with Crippen LogP contribution in [0, 0.1) is 20.8 Å². The van der Waals surface area contributed by atoms with E-state index < -0.39 is 17.7 Å². The molecule has 0 aliphatic rings. The maximum Gasteiger partial charge on any atom is 0.328 e. The highest BCUT2D eigenvalue weighted by Crippen LogP contribution is 2.27. The van der Waals surface area contributed by atoms with Crippen LogP contribution in [0.25, 0.3) is 10.9 Å². The number of nitrogens with zero attached hydrogens (tertiary/aromatic N) is 1. The Morgan fingerprint density at radius 3 is 2.20 bits per heavy atom. The van der Waals surface area contributed by atoms with Gasteiger partial charge in [-0.15, -0.1) is 0 Å². The predicted molar refractivity (Wildman–Crippen MR) is 145 cm³/mol. The number of nitrogens with one attached hydrogen (secondary N) is 3. The minimum atomic E-state index is -0.906. The van der Waals surface area contributed by atoms with Gasteiger partial charge >= 0.3 is 11.8 Å². The van der Waals surface area contributed by atoms with Gasteiger partial charge in [0.15, 0.2) is 0 Å². The summed E-state index contributed by atoms with van der Waals surface area (Å²) >= 11 is 6.89. The molecule has 1 heterocycles. The lowest BCUT2D eigenvalue weighted by Gasteiger charge is -2.14. The Labute approximate surface area is 219 Å². The average Bonchev–Trinajstić information content (AvgIpc) is 3.15. The Hall–Kier alpha value is -3.43. The van der Waals surface area contributed by atoms with Crippen LogP contribution in [-0.4, -0.2) is 22.4 Å². The quantitative estimate of drug-likeness (QED) is 0.250. The second kappa shape index (κ2) is 10.1. The summed E-state index contributed by atoms with van der Waals surface area (Å²) in [6.45, 7) is 5.69. The van der Waals surface area contributed by atoms with Gasteiger partial charge in [-0.25, -0.2) is 4.68 Å². The number of carbonyl (C=O) groups is 3. The summed E-state index contributed by atoms with van der Waals surface area (Å²) in [6.07, 6.45) is 0. The number of halogens is 2. The summed E-state index contributed by atoms with van der Waals surface area (Å²) in [4.78, 5) is 38.8. The van der Waals surface area contributed by atoms with Gasteiger partial charge in [0, 0.05) is 20.0 Å². The summed E-state index contributed by atoms with van der Waals surface area (Å²) in [5.41, 5.74) is 7.26. The van der Waals surface area contributed by atoms with E-state index in [2.05, 4.69) is 47.9 Å². The molecule has 7 nitrogen and oxygen atoms in total. The van der Waals surface area contributed by atoms with E-state index in [1.54, 1.807) is 30.3 Å². The zero-order valence-corrected chi connectivity index (χ0v) is 22.4. The lowest BCUT2D eigenvalue weighted by Crippen LogP contribution is -2.36. The van der Waals surface area contributed by atoms with Crippen LogP contribution in [-0.2, 0) is 9.59 Å². The molecule has 1 aromatic heterocycles. The summed E-state index contributed by atoms with van der Waals surface area (Å²) in [6, 6.07) is 18.2. The van der Waals surface area contributed by atoms with E-state index in [4.69, 9.17) is 0 Å². The number of amides is 3. The smallest absolute Gasteiger partial charge is 0.320 e. The largest absolute Gasteiger partial charge is 0.328 e. The van der Waals surface area contributed by atoms with Crippen molar-refractivity contribution in [1.29, 1.82) is 0 Å². The molecule has 3 N–H and O–H groups in total. The van der Waals surface area contributed by atoms with Gasteiger partial charge in [0.2, 0.25) is 0 Å². The van der Waals surface area contributed by atoms with Crippen LogP contribution in [0.1, 0.15) is 27.2 Å². The van der Waals surface area contributed by atoms with Crippen LogP contribution in [0.3, 0.4) is 0 Å². The van der Waals surface area contributed by atoms with E-state index in [-0.39, 0.29) is 5.69 Å². The van der Waals surface area contributed by atoms with E-state index in [1.807, 2.05) is 51.1 Å². The number of hydrogen-bond donors (Lipinski definition) is 3. The second-order valence-electron chi connectivity index (χ2n) is 8.22. The third kappa shape index (κ3) is 5.47. The van der Waals surface area contributed by atoms with Crippen molar-refractivity contribution in [1.82, 2.24) is 4.68 Å². The molecule has 4 rings (SSSR count). The van der Waals surface area contributed by atoms with Gasteiger partial charge in [-0.3, -0.25) is 19.8 Å². The van der Waals surface area contributed by atoms with Crippen LogP contribution >= 0.6 is 31.9 Å². The summed E-state index contributed by atoms with van der Waals surface area (Å²) in [5, 5.41) is 6.21. The molecule has 0 fully saturated rings. The lowest BCUT2D eigenvalue weighted by molar-refractivity contribution is -0.133. The molecule has 0 saturated carbocycles. The Kier molecular flexibility index (Phi) is 7.09. The number of rotatable bonds is 4. The molecule has 0 radical (unpaired) electrons. The van der Waals surface area contributed by atoms with Gasteiger partial charge < -0.3 is 10.6 Å². The fourth-order valence-electron chi connectivity index (χ4n) is 3.58. The number of aryl methyl sites for hydroxylation is 3. The molecular weight excluding hydrogens is 576 g/mol. The molecule has 3 amide bonds. The fraction of sp³-hybridized carbons (Fsp3) is 0.115. The van der Waals surface area contributed by atoms with Crippen molar-refractivity contribution in [3.05, 3.63) is 92.0 Å². The zero-order chi connectivity index (χ0) is 25.3. The molecule has 0 unspecified atom stereocenters. The van der Waals surface area contributed by atoms with Crippen LogP contribution in [0.2, 0.25) is 0 Å². The first-order valence-electron chi connectivity index (χ1n) is 10.7. The zero-order valence-electron chi connectivity index (χ0n) is 19.2. The van der Waals surface area contributed by atoms with Gasteiger partial charge in [0.25, 0.3) is 5.91 Å². The van der Waals surface area contributed by atoms with Crippen molar-refractivity contribution in [2.45, 2.75) is 20.8 Å². The Bertz CT molecular complexity index is 1490. The molecule has 0 bridgehead atoms. The van der Waals surface area contributed by atoms with Crippen molar-refractivity contribution in [3.63, 3.8) is 0 Å². The minimum absolute atomic E-state index is 0.165. The van der Waals surface area contributed by atoms with Crippen LogP contribution in [0.4, 0.5) is 11.4 Å². The van der Waals surface area contributed by atoms with Gasteiger partial charge in [-0.2, -0.15) is 0 Å². The van der Waals surface area contributed by atoms with E-state index in [0.717, 1.165) is 25.6 Å². The standard InChI is InChI=1S/C26H22Br2N4O3/c1-14-5-8-20(19(28)10-14)29-24(33)23-13-17-12-18(27)7-9-22(17)32(23)31-26(35)25(34)30-21-11-15(2)4-6-16(21)3/h4-13H,1-3H3,(H,29,33)(H,30,34)(H,31,35). The average molecular weight is 598 g/mol. The molecule has 0 atom stereocenters. The van der Waals surface area contributed by atoms with Crippen LogP contribution < -0.4 is 16.1 Å². The van der Waals surface area contributed by atoms with Gasteiger partial charge in [-0.05, 0) is 95.9 Å². The van der Waals surface area contributed by atoms with E-state index >= 15 is 0 Å². The number of benzene rings is 3. The molecule has 0 aliphatic carbocycles.